The van der Waals surface area contributed by atoms with Crippen molar-refractivity contribution >= 4 is 0 Å². The third kappa shape index (κ3) is 1.45. The van der Waals surface area contributed by atoms with Gasteiger partial charge in [-0.1, -0.05) is 0 Å². The standard InChI is InChI=1S/C9H10FNO2/c10-7-4-9-8(3-6(7)5-11)12-1-2-13-9/h3-4H,1-2,5,11H2. The average Bonchev–Trinajstić information content (AvgIpc) is 2.17. The predicted molar refractivity (Wildman–Crippen MR) is 45.3 cm³/mol. The largest absolute Gasteiger partial charge is 0.486 e. The normalized spacial score (nSPS) is 14.3. The van der Waals surface area contributed by atoms with Gasteiger partial charge in [-0.05, 0) is 6.07 Å². The van der Waals surface area contributed by atoms with Gasteiger partial charge in [0.25, 0.3) is 0 Å². The monoisotopic (exact) mass is 183 g/mol. The van der Waals surface area contributed by atoms with Crippen LogP contribution in [0.5, 0.6) is 11.5 Å². The summed E-state index contributed by atoms with van der Waals surface area (Å²) in [4.78, 5) is 0. The van der Waals surface area contributed by atoms with E-state index in [9.17, 15) is 4.39 Å². The number of halogens is 1. The van der Waals surface area contributed by atoms with E-state index in [1.165, 1.54) is 6.07 Å². The van der Waals surface area contributed by atoms with E-state index in [0.717, 1.165) is 0 Å². The van der Waals surface area contributed by atoms with E-state index in [1.54, 1.807) is 6.07 Å². The zero-order chi connectivity index (χ0) is 9.26. The second-order valence-electron chi connectivity index (χ2n) is 2.79. The maximum atomic E-state index is 13.2. The Bertz CT molecular complexity index is 328. The molecule has 0 unspecified atom stereocenters. The van der Waals surface area contributed by atoms with Crippen LogP contribution in [0.1, 0.15) is 5.56 Å². The van der Waals surface area contributed by atoms with Crippen molar-refractivity contribution < 1.29 is 13.9 Å². The summed E-state index contributed by atoms with van der Waals surface area (Å²) in [5.74, 6) is 0.695. The highest BCUT2D eigenvalue weighted by molar-refractivity contribution is 5.44. The smallest absolute Gasteiger partial charge is 0.164 e. The summed E-state index contributed by atoms with van der Waals surface area (Å²) in [7, 11) is 0. The van der Waals surface area contributed by atoms with Crippen molar-refractivity contribution in [3.05, 3.63) is 23.5 Å². The molecule has 0 aliphatic carbocycles. The van der Waals surface area contributed by atoms with Crippen molar-refractivity contribution in [1.29, 1.82) is 0 Å². The Morgan fingerprint density at radius 1 is 1.23 bits per heavy atom. The number of rotatable bonds is 1. The number of hydrogen-bond donors (Lipinski definition) is 1. The van der Waals surface area contributed by atoms with Gasteiger partial charge in [0.05, 0.1) is 0 Å². The van der Waals surface area contributed by atoms with Crippen molar-refractivity contribution in [2.45, 2.75) is 6.54 Å². The van der Waals surface area contributed by atoms with Crippen molar-refractivity contribution in [3.63, 3.8) is 0 Å². The first-order valence-electron chi connectivity index (χ1n) is 4.09. The highest BCUT2D eigenvalue weighted by Crippen LogP contribution is 2.32. The quantitative estimate of drug-likeness (QED) is 0.707. The molecule has 0 radical (unpaired) electrons. The molecule has 0 bridgehead atoms. The predicted octanol–water partition coefficient (Wildman–Crippen LogP) is 1.06. The van der Waals surface area contributed by atoms with Crippen LogP contribution in [0.2, 0.25) is 0 Å². The van der Waals surface area contributed by atoms with E-state index in [1.807, 2.05) is 0 Å². The van der Waals surface area contributed by atoms with Crippen molar-refractivity contribution in [2.24, 2.45) is 5.73 Å². The zero-order valence-electron chi connectivity index (χ0n) is 7.05. The Balaban J connectivity index is 2.44. The third-order valence-electron chi connectivity index (χ3n) is 1.93. The van der Waals surface area contributed by atoms with Gasteiger partial charge in [-0.15, -0.1) is 0 Å². The summed E-state index contributed by atoms with van der Waals surface area (Å²) < 4.78 is 23.6. The molecule has 0 spiro atoms. The van der Waals surface area contributed by atoms with E-state index < -0.39 is 0 Å². The molecule has 0 fully saturated rings. The van der Waals surface area contributed by atoms with Crippen LogP contribution in [0, 0.1) is 5.82 Å². The SMILES string of the molecule is NCc1cc2c(cc1F)OCCO2. The number of ether oxygens (including phenoxy) is 2. The molecule has 2 N–H and O–H groups in total. The first kappa shape index (κ1) is 8.31. The Kier molecular flexibility index (Phi) is 2.06. The minimum absolute atomic E-state index is 0.169. The third-order valence-corrected chi connectivity index (χ3v) is 1.93. The van der Waals surface area contributed by atoms with Gasteiger partial charge in [0, 0.05) is 18.2 Å². The molecular formula is C9H10FNO2. The Hall–Kier alpha value is -1.29. The average molecular weight is 183 g/mol. The first-order valence-corrected chi connectivity index (χ1v) is 4.09. The van der Waals surface area contributed by atoms with Gasteiger partial charge in [0.15, 0.2) is 11.5 Å². The van der Waals surface area contributed by atoms with E-state index >= 15 is 0 Å². The van der Waals surface area contributed by atoms with Crippen molar-refractivity contribution in [2.75, 3.05) is 13.2 Å². The molecular weight excluding hydrogens is 173 g/mol. The second kappa shape index (κ2) is 3.22. The van der Waals surface area contributed by atoms with Gasteiger partial charge in [-0.3, -0.25) is 0 Å². The van der Waals surface area contributed by atoms with Gasteiger partial charge in [0.2, 0.25) is 0 Å². The van der Waals surface area contributed by atoms with Crippen LogP contribution in [0.25, 0.3) is 0 Å². The Labute approximate surface area is 75.3 Å². The molecule has 70 valence electrons. The maximum Gasteiger partial charge on any atom is 0.164 e. The van der Waals surface area contributed by atoms with Crippen molar-refractivity contribution in [3.8, 4) is 11.5 Å². The number of nitrogens with two attached hydrogens (primary N) is 1. The van der Waals surface area contributed by atoms with Gasteiger partial charge >= 0.3 is 0 Å². The first-order chi connectivity index (χ1) is 6.31. The highest BCUT2D eigenvalue weighted by Gasteiger charge is 2.14. The molecule has 0 atom stereocenters. The Morgan fingerprint density at radius 3 is 2.46 bits per heavy atom. The summed E-state index contributed by atoms with van der Waals surface area (Å²) in [6.45, 7) is 1.14. The van der Waals surface area contributed by atoms with Crippen LogP contribution in [0.15, 0.2) is 12.1 Å². The van der Waals surface area contributed by atoms with Gasteiger partial charge in [-0.2, -0.15) is 0 Å². The lowest BCUT2D eigenvalue weighted by molar-refractivity contribution is 0.170. The molecule has 2 rings (SSSR count). The van der Waals surface area contributed by atoms with Crippen LogP contribution in [-0.4, -0.2) is 13.2 Å². The van der Waals surface area contributed by atoms with Gasteiger partial charge in [-0.25, -0.2) is 4.39 Å². The molecule has 0 amide bonds. The van der Waals surface area contributed by atoms with E-state index in [2.05, 4.69) is 0 Å². The molecule has 1 aliphatic heterocycles. The topological polar surface area (TPSA) is 44.5 Å². The van der Waals surface area contributed by atoms with Crippen LogP contribution in [0.4, 0.5) is 4.39 Å². The van der Waals surface area contributed by atoms with E-state index in [0.29, 0.717) is 30.3 Å². The fourth-order valence-corrected chi connectivity index (χ4v) is 1.26. The summed E-state index contributed by atoms with van der Waals surface area (Å²) in [5.41, 5.74) is 5.80. The minimum atomic E-state index is -0.341. The molecule has 13 heavy (non-hydrogen) atoms. The van der Waals surface area contributed by atoms with Crippen LogP contribution < -0.4 is 15.2 Å². The highest BCUT2D eigenvalue weighted by atomic mass is 19.1. The maximum absolute atomic E-state index is 13.2. The van der Waals surface area contributed by atoms with E-state index in [4.69, 9.17) is 15.2 Å². The molecule has 4 heteroatoms. The van der Waals surface area contributed by atoms with E-state index in [-0.39, 0.29) is 12.4 Å². The number of benzene rings is 1. The number of fused-ring (bicyclic) bond motifs is 1. The second-order valence-corrected chi connectivity index (χ2v) is 2.79. The lowest BCUT2D eigenvalue weighted by Crippen LogP contribution is -2.16. The summed E-state index contributed by atoms with van der Waals surface area (Å²) >= 11 is 0. The Morgan fingerprint density at radius 2 is 1.85 bits per heavy atom. The zero-order valence-corrected chi connectivity index (χ0v) is 7.05. The van der Waals surface area contributed by atoms with Gasteiger partial charge in [0.1, 0.15) is 19.0 Å². The summed E-state index contributed by atoms with van der Waals surface area (Å²) in [5, 5.41) is 0. The molecule has 0 saturated carbocycles. The van der Waals surface area contributed by atoms with Crippen molar-refractivity contribution in [1.82, 2.24) is 0 Å². The lowest BCUT2D eigenvalue weighted by atomic mass is 10.2. The molecule has 1 aromatic carbocycles. The summed E-state index contributed by atoms with van der Waals surface area (Å²) in [6, 6.07) is 2.90. The molecule has 1 heterocycles. The van der Waals surface area contributed by atoms with Crippen LogP contribution in [-0.2, 0) is 6.54 Å². The molecule has 3 nitrogen and oxygen atoms in total. The number of hydrogen-bond acceptors (Lipinski definition) is 3. The molecule has 0 saturated heterocycles. The van der Waals surface area contributed by atoms with Crippen LogP contribution in [0.3, 0.4) is 0 Å². The minimum Gasteiger partial charge on any atom is -0.486 e. The lowest BCUT2D eigenvalue weighted by Gasteiger charge is -2.19. The van der Waals surface area contributed by atoms with Gasteiger partial charge < -0.3 is 15.2 Å². The summed E-state index contributed by atoms with van der Waals surface area (Å²) in [6.07, 6.45) is 0. The molecule has 1 aromatic rings. The fourth-order valence-electron chi connectivity index (χ4n) is 1.26. The van der Waals surface area contributed by atoms with Crippen LogP contribution >= 0.6 is 0 Å². The molecule has 0 aromatic heterocycles. The fraction of sp³-hybridized carbons (Fsp3) is 0.333. The molecule has 1 aliphatic rings.